The number of piperidine rings is 1. The maximum atomic E-state index is 12.9. The molecular weight excluding hydrogens is 358 g/mol. The molecule has 1 amide bonds. The van der Waals surface area contributed by atoms with Crippen LogP contribution in [0.15, 0.2) is 41.6 Å². The summed E-state index contributed by atoms with van der Waals surface area (Å²) in [6, 6.07) is 5.51. The van der Waals surface area contributed by atoms with Crippen LogP contribution in [0.1, 0.15) is 41.9 Å². The minimum Gasteiger partial charge on any atom is -0.338 e. The highest BCUT2D eigenvalue weighted by atomic mass is 16.2. The van der Waals surface area contributed by atoms with Crippen LogP contribution in [-0.2, 0) is 6.54 Å². The fourth-order valence-electron chi connectivity index (χ4n) is 3.57. The van der Waals surface area contributed by atoms with E-state index in [9.17, 15) is 9.59 Å². The van der Waals surface area contributed by atoms with E-state index in [1.165, 1.54) is 0 Å². The molecule has 9 heteroatoms. The average molecular weight is 379 g/mol. The van der Waals surface area contributed by atoms with Gasteiger partial charge >= 0.3 is 5.69 Å². The summed E-state index contributed by atoms with van der Waals surface area (Å²) < 4.78 is 1.63. The van der Waals surface area contributed by atoms with Gasteiger partial charge in [0.25, 0.3) is 5.91 Å². The molecular formula is C19H21N7O2. The van der Waals surface area contributed by atoms with Crippen LogP contribution < -0.4 is 5.69 Å². The molecule has 0 unspecified atom stereocenters. The first-order valence-corrected chi connectivity index (χ1v) is 9.35. The van der Waals surface area contributed by atoms with E-state index >= 15 is 0 Å². The summed E-state index contributed by atoms with van der Waals surface area (Å²) in [5, 5.41) is 6.69. The number of rotatable bonds is 4. The van der Waals surface area contributed by atoms with Crippen LogP contribution in [0.4, 0.5) is 0 Å². The Hall–Kier alpha value is -3.36. The standard InChI is InChI=1S/C19H21N7O2/c1-2-26-17(23-24-19(26)28)13-6-5-9-25(12-13)18(27)14-10-21-16(22-11-14)15-7-3-4-8-20-15/h3-4,7-8,10-11,13H,2,5-6,9,12H2,1H3,(H,24,28)/t13-/m0/s1. The first kappa shape index (κ1) is 18.0. The number of likely N-dealkylation sites (tertiary alicyclic amines) is 1. The van der Waals surface area contributed by atoms with Crippen LogP contribution in [0.25, 0.3) is 11.5 Å². The van der Waals surface area contributed by atoms with Gasteiger partial charge < -0.3 is 4.90 Å². The summed E-state index contributed by atoms with van der Waals surface area (Å²) in [6.45, 7) is 3.65. The lowest BCUT2D eigenvalue weighted by Gasteiger charge is -2.32. The topological polar surface area (TPSA) is 110 Å². The maximum Gasteiger partial charge on any atom is 0.343 e. The second kappa shape index (κ2) is 7.71. The van der Waals surface area contributed by atoms with Gasteiger partial charge in [-0.2, -0.15) is 5.10 Å². The van der Waals surface area contributed by atoms with E-state index in [0.29, 0.717) is 42.5 Å². The van der Waals surface area contributed by atoms with Crippen LogP contribution in [0.5, 0.6) is 0 Å². The Morgan fingerprint density at radius 3 is 2.79 bits per heavy atom. The minimum absolute atomic E-state index is 0.0327. The minimum atomic E-state index is -0.209. The SMILES string of the molecule is CCn1c([C@H]2CCCN(C(=O)c3cnc(-c4ccccn4)nc3)C2)n[nH]c1=O. The van der Waals surface area contributed by atoms with Gasteiger partial charge in [-0.25, -0.2) is 19.9 Å². The molecule has 1 aliphatic rings. The molecule has 1 fully saturated rings. The van der Waals surface area contributed by atoms with Crippen molar-refractivity contribution >= 4 is 5.91 Å². The van der Waals surface area contributed by atoms with Gasteiger partial charge in [-0.15, -0.1) is 0 Å². The molecule has 1 atom stereocenters. The first-order chi connectivity index (χ1) is 13.7. The second-order valence-electron chi connectivity index (χ2n) is 6.73. The molecule has 9 nitrogen and oxygen atoms in total. The highest BCUT2D eigenvalue weighted by molar-refractivity contribution is 5.93. The number of carbonyl (C=O) groups is 1. The van der Waals surface area contributed by atoms with Crippen molar-refractivity contribution in [3.05, 3.63) is 58.7 Å². The normalized spacial score (nSPS) is 16.9. The second-order valence-corrected chi connectivity index (χ2v) is 6.73. The van der Waals surface area contributed by atoms with Crippen molar-refractivity contribution in [2.45, 2.75) is 32.2 Å². The zero-order valence-electron chi connectivity index (χ0n) is 15.6. The molecule has 28 heavy (non-hydrogen) atoms. The van der Waals surface area contributed by atoms with Crippen molar-refractivity contribution in [2.75, 3.05) is 13.1 Å². The third kappa shape index (κ3) is 3.42. The zero-order valence-corrected chi connectivity index (χ0v) is 15.6. The third-order valence-electron chi connectivity index (χ3n) is 4.97. The summed E-state index contributed by atoms with van der Waals surface area (Å²) in [5.41, 5.74) is 0.894. The number of aromatic amines is 1. The number of hydrogen-bond acceptors (Lipinski definition) is 6. The molecule has 3 aromatic heterocycles. The quantitative estimate of drug-likeness (QED) is 0.735. The number of pyridine rings is 1. The molecule has 0 aromatic carbocycles. The Kier molecular flexibility index (Phi) is 4.96. The molecule has 0 radical (unpaired) electrons. The van der Waals surface area contributed by atoms with Crippen LogP contribution in [0.2, 0.25) is 0 Å². The van der Waals surface area contributed by atoms with E-state index in [2.05, 4.69) is 25.1 Å². The number of aromatic nitrogens is 6. The van der Waals surface area contributed by atoms with Gasteiger partial charge in [0.1, 0.15) is 11.5 Å². The van der Waals surface area contributed by atoms with Crippen molar-refractivity contribution in [1.29, 1.82) is 0 Å². The number of amides is 1. The molecule has 144 valence electrons. The van der Waals surface area contributed by atoms with Crippen LogP contribution >= 0.6 is 0 Å². The van der Waals surface area contributed by atoms with E-state index in [-0.39, 0.29) is 17.5 Å². The van der Waals surface area contributed by atoms with Gasteiger partial charge in [-0.1, -0.05) is 6.07 Å². The molecule has 0 aliphatic carbocycles. The fourth-order valence-corrected chi connectivity index (χ4v) is 3.57. The van der Waals surface area contributed by atoms with Crippen molar-refractivity contribution in [2.24, 2.45) is 0 Å². The highest BCUT2D eigenvalue weighted by Gasteiger charge is 2.29. The van der Waals surface area contributed by atoms with E-state index in [4.69, 9.17) is 0 Å². The van der Waals surface area contributed by atoms with Crippen LogP contribution in [0, 0.1) is 0 Å². The predicted octanol–water partition coefficient (Wildman–Crippen LogP) is 1.46. The van der Waals surface area contributed by atoms with Gasteiger partial charge in [0.2, 0.25) is 0 Å². The van der Waals surface area contributed by atoms with Crippen LogP contribution in [-0.4, -0.2) is 53.6 Å². The average Bonchev–Trinajstić information content (AvgIpc) is 3.14. The number of H-pyrrole nitrogens is 1. The fraction of sp³-hybridized carbons (Fsp3) is 0.368. The summed E-state index contributed by atoms with van der Waals surface area (Å²) >= 11 is 0. The van der Waals surface area contributed by atoms with Gasteiger partial charge in [-0.3, -0.25) is 14.3 Å². The van der Waals surface area contributed by atoms with Gasteiger partial charge in [-0.05, 0) is 31.9 Å². The van der Waals surface area contributed by atoms with Gasteiger partial charge in [0.05, 0.1) is 5.56 Å². The largest absolute Gasteiger partial charge is 0.343 e. The summed E-state index contributed by atoms with van der Waals surface area (Å²) in [6.07, 6.45) is 6.51. The number of hydrogen-bond donors (Lipinski definition) is 1. The van der Waals surface area contributed by atoms with Crippen molar-refractivity contribution in [3.8, 4) is 11.5 Å². The molecule has 1 N–H and O–H groups in total. The number of nitrogens with zero attached hydrogens (tertiary/aromatic N) is 6. The Bertz CT molecular complexity index is 1010. The summed E-state index contributed by atoms with van der Waals surface area (Å²) in [7, 11) is 0. The molecule has 3 aromatic rings. The Morgan fingerprint density at radius 2 is 2.07 bits per heavy atom. The maximum absolute atomic E-state index is 12.9. The molecule has 1 aliphatic heterocycles. The molecule has 0 saturated carbocycles. The monoisotopic (exact) mass is 379 g/mol. The number of nitrogens with one attached hydrogen (secondary N) is 1. The Morgan fingerprint density at radius 1 is 1.25 bits per heavy atom. The lowest BCUT2D eigenvalue weighted by Crippen LogP contribution is -2.40. The Balaban J connectivity index is 1.50. The molecule has 0 bridgehead atoms. The molecule has 4 rings (SSSR count). The zero-order chi connectivity index (χ0) is 19.5. The smallest absolute Gasteiger partial charge is 0.338 e. The van der Waals surface area contributed by atoms with Gasteiger partial charge in [0, 0.05) is 44.1 Å². The van der Waals surface area contributed by atoms with E-state index < -0.39 is 0 Å². The predicted molar refractivity (Wildman–Crippen MR) is 102 cm³/mol. The molecule has 1 saturated heterocycles. The highest BCUT2D eigenvalue weighted by Crippen LogP contribution is 2.26. The van der Waals surface area contributed by atoms with Crippen molar-refractivity contribution in [1.82, 2.24) is 34.6 Å². The molecule has 4 heterocycles. The van der Waals surface area contributed by atoms with E-state index in [1.54, 1.807) is 28.1 Å². The molecule has 0 spiro atoms. The van der Waals surface area contributed by atoms with Crippen LogP contribution in [0.3, 0.4) is 0 Å². The lowest BCUT2D eigenvalue weighted by molar-refractivity contribution is 0.0702. The summed E-state index contributed by atoms with van der Waals surface area (Å²) in [5.74, 6) is 1.12. The van der Waals surface area contributed by atoms with Crippen molar-refractivity contribution in [3.63, 3.8) is 0 Å². The van der Waals surface area contributed by atoms with E-state index in [1.807, 2.05) is 25.1 Å². The first-order valence-electron chi connectivity index (χ1n) is 9.35. The number of carbonyl (C=O) groups excluding carboxylic acids is 1. The third-order valence-corrected chi connectivity index (χ3v) is 4.97. The lowest BCUT2D eigenvalue weighted by atomic mass is 9.96. The Labute approximate surface area is 161 Å². The van der Waals surface area contributed by atoms with Crippen molar-refractivity contribution < 1.29 is 4.79 Å². The summed E-state index contributed by atoms with van der Waals surface area (Å²) in [4.78, 5) is 39.3. The van der Waals surface area contributed by atoms with Gasteiger partial charge in [0.15, 0.2) is 5.82 Å². The van der Waals surface area contributed by atoms with E-state index in [0.717, 1.165) is 12.8 Å².